The van der Waals surface area contributed by atoms with Crippen LogP contribution in [-0.2, 0) is 4.79 Å². The van der Waals surface area contributed by atoms with Crippen molar-refractivity contribution in [3.63, 3.8) is 0 Å². The molecule has 1 atom stereocenters. The van der Waals surface area contributed by atoms with E-state index in [0.717, 1.165) is 29.9 Å². The molecule has 1 fully saturated rings. The molecule has 1 saturated heterocycles. The molecule has 1 amide bonds. The maximum absolute atomic E-state index is 11.7. The third-order valence-electron chi connectivity index (χ3n) is 3.28. The lowest BCUT2D eigenvalue weighted by Crippen LogP contribution is -2.24. The van der Waals surface area contributed by atoms with Crippen molar-refractivity contribution in [1.29, 1.82) is 0 Å². The van der Waals surface area contributed by atoms with E-state index in [2.05, 4.69) is 5.32 Å². The van der Waals surface area contributed by atoms with E-state index in [4.69, 9.17) is 11.6 Å². The van der Waals surface area contributed by atoms with Gasteiger partial charge in [-0.15, -0.1) is 11.6 Å². The van der Waals surface area contributed by atoms with Crippen molar-refractivity contribution in [2.75, 3.05) is 29.2 Å². The van der Waals surface area contributed by atoms with Gasteiger partial charge in [0, 0.05) is 30.9 Å². The van der Waals surface area contributed by atoms with Crippen LogP contribution in [0.25, 0.3) is 0 Å². The van der Waals surface area contributed by atoms with Crippen molar-refractivity contribution in [2.24, 2.45) is 0 Å². The van der Waals surface area contributed by atoms with E-state index in [-0.39, 0.29) is 11.8 Å². The third-order valence-corrected chi connectivity index (χ3v) is 3.64. The first-order chi connectivity index (χ1) is 9.11. The highest BCUT2D eigenvalue weighted by Gasteiger charge is 2.22. The number of nitrogens with one attached hydrogen (secondary N) is 1. The number of aliphatic hydroxyl groups is 1. The molecule has 0 aliphatic carbocycles. The Bertz CT molecular complexity index is 465. The number of alkyl halides is 1. The molecular formula is C14H19ClN2O2. The van der Waals surface area contributed by atoms with E-state index < -0.39 is 6.10 Å². The van der Waals surface area contributed by atoms with Gasteiger partial charge in [0.1, 0.15) is 0 Å². The highest BCUT2D eigenvalue weighted by atomic mass is 35.5. The van der Waals surface area contributed by atoms with Gasteiger partial charge >= 0.3 is 0 Å². The fraction of sp³-hybridized carbons (Fsp3) is 0.500. The second-order valence-corrected chi connectivity index (χ2v) is 5.15. The first kappa shape index (κ1) is 14.2. The van der Waals surface area contributed by atoms with Crippen LogP contribution in [0, 0.1) is 6.92 Å². The largest absolute Gasteiger partial charge is 0.390 e. The molecule has 4 nitrogen and oxygen atoms in total. The van der Waals surface area contributed by atoms with Crippen molar-refractivity contribution in [2.45, 2.75) is 25.9 Å². The summed E-state index contributed by atoms with van der Waals surface area (Å²) >= 11 is 5.54. The standard InChI is InChI=1S/C14H19ClN2O2/c1-10-7-11(16-9-12(18)8-15)4-5-13(10)17-6-2-3-14(17)19/h4-5,7,12,16,18H,2-3,6,8-9H2,1H3. The minimum Gasteiger partial charge on any atom is -0.390 e. The lowest BCUT2D eigenvalue weighted by Gasteiger charge is -2.19. The molecule has 0 saturated carbocycles. The molecule has 1 aliphatic rings. The predicted octanol–water partition coefficient (Wildman–Crippen LogP) is 2.13. The van der Waals surface area contributed by atoms with Gasteiger partial charge in [0.15, 0.2) is 0 Å². The summed E-state index contributed by atoms with van der Waals surface area (Å²) < 4.78 is 0. The summed E-state index contributed by atoms with van der Waals surface area (Å²) in [5.74, 6) is 0.410. The SMILES string of the molecule is Cc1cc(NCC(O)CCl)ccc1N1CCCC1=O. The highest BCUT2D eigenvalue weighted by molar-refractivity contribution is 6.18. The van der Waals surface area contributed by atoms with Gasteiger partial charge in [-0.05, 0) is 37.1 Å². The topological polar surface area (TPSA) is 52.6 Å². The summed E-state index contributed by atoms with van der Waals surface area (Å²) in [6.45, 7) is 3.21. The average Bonchev–Trinajstić information content (AvgIpc) is 2.82. The van der Waals surface area contributed by atoms with Gasteiger partial charge in [-0.25, -0.2) is 0 Å². The molecule has 1 aliphatic heterocycles. The molecule has 2 N–H and O–H groups in total. The Morgan fingerprint density at radius 2 is 2.32 bits per heavy atom. The quantitative estimate of drug-likeness (QED) is 0.814. The summed E-state index contributed by atoms with van der Waals surface area (Å²) in [7, 11) is 0. The van der Waals surface area contributed by atoms with Crippen molar-refractivity contribution >= 4 is 28.9 Å². The van der Waals surface area contributed by atoms with E-state index in [1.807, 2.05) is 30.0 Å². The van der Waals surface area contributed by atoms with E-state index in [1.54, 1.807) is 0 Å². The number of halogens is 1. The van der Waals surface area contributed by atoms with Gasteiger partial charge in [0.05, 0.1) is 12.0 Å². The van der Waals surface area contributed by atoms with Gasteiger partial charge in [-0.3, -0.25) is 4.79 Å². The number of rotatable bonds is 5. The zero-order valence-electron chi connectivity index (χ0n) is 11.0. The Labute approximate surface area is 118 Å². The lowest BCUT2D eigenvalue weighted by molar-refractivity contribution is -0.117. The third kappa shape index (κ3) is 3.39. The summed E-state index contributed by atoms with van der Waals surface area (Å²) in [6.07, 6.45) is 1.02. The van der Waals surface area contributed by atoms with E-state index in [9.17, 15) is 9.90 Å². The fourth-order valence-electron chi connectivity index (χ4n) is 2.26. The zero-order valence-corrected chi connectivity index (χ0v) is 11.8. The van der Waals surface area contributed by atoms with Crippen molar-refractivity contribution in [1.82, 2.24) is 0 Å². The smallest absolute Gasteiger partial charge is 0.227 e. The monoisotopic (exact) mass is 282 g/mol. The lowest BCUT2D eigenvalue weighted by atomic mass is 10.1. The Morgan fingerprint density at radius 1 is 1.53 bits per heavy atom. The minimum atomic E-state index is -0.554. The second-order valence-electron chi connectivity index (χ2n) is 4.84. The minimum absolute atomic E-state index is 0.196. The van der Waals surface area contributed by atoms with Crippen molar-refractivity contribution in [3.05, 3.63) is 23.8 Å². The van der Waals surface area contributed by atoms with Gasteiger partial charge in [-0.2, -0.15) is 0 Å². The number of hydrogen-bond donors (Lipinski definition) is 2. The van der Waals surface area contributed by atoms with Crippen LogP contribution >= 0.6 is 11.6 Å². The van der Waals surface area contributed by atoms with Crippen molar-refractivity contribution < 1.29 is 9.90 Å². The average molecular weight is 283 g/mol. The molecule has 104 valence electrons. The number of aliphatic hydroxyl groups excluding tert-OH is 1. The number of anilines is 2. The van der Waals surface area contributed by atoms with Gasteiger partial charge in [-0.1, -0.05) is 0 Å². The van der Waals surface area contributed by atoms with E-state index in [1.165, 1.54) is 0 Å². The molecule has 19 heavy (non-hydrogen) atoms. The molecule has 1 unspecified atom stereocenters. The normalized spacial score (nSPS) is 16.8. The number of carbonyl (C=O) groups excluding carboxylic acids is 1. The molecule has 1 heterocycles. The molecule has 0 spiro atoms. The molecule has 2 rings (SSSR count). The number of carbonyl (C=O) groups is 1. The Kier molecular flexibility index (Phi) is 4.66. The first-order valence-corrected chi connectivity index (χ1v) is 7.04. The number of hydrogen-bond acceptors (Lipinski definition) is 3. The van der Waals surface area contributed by atoms with Crippen LogP contribution in [0.4, 0.5) is 11.4 Å². The molecule has 1 aromatic rings. The maximum atomic E-state index is 11.7. The summed E-state index contributed by atoms with van der Waals surface area (Å²) in [5, 5.41) is 12.5. The number of amides is 1. The Morgan fingerprint density at radius 3 is 2.89 bits per heavy atom. The van der Waals surface area contributed by atoms with Crippen LogP contribution < -0.4 is 10.2 Å². The summed E-state index contributed by atoms with van der Waals surface area (Å²) in [6, 6.07) is 5.87. The second kappa shape index (κ2) is 6.26. The summed E-state index contributed by atoms with van der Waals surface area (Å²) in [5.41, 5.74) is 2.96. The molecule has 0 bridgehead atoms. The van der Waals surface area contributed by atoms with Crippen LogP contribution in [0.3, 0.4) is 0 Å². The van der Waals surface area contributed by atoms with Crippen molar-refractivity contribution in [3.8, 4) is 0 Å². The zero-order chi connectivity index (χ0) is 13.8. The highest BCUT2D eigenvalue weighted by Crippen LogP contribution is 2.27. The van der Waals surface area contributed by atoms with Gasteiger partial charge < -0.3 is 15.3 Å². The molecule has 0 radical (unpaired) electrons. The van der Waals surface area contributed by atoms with Gasteiger partial charge in [0.25, 0.3) is 0 Å². The molecule has 0 aromatic heterocycles. The molecule has 5 heteroatoms. The Hall–Kier alpha value is -1.26. The van der Waals surface area contributed by atoms with Crippen LogP contribution in [0.5, 0.6) is 0 Å². The fourth-order valence-corrected chi connectivity index (χ4v) is 2.37. The van der Waals surface area contributed by atoms with Gasteiger partial charge in [0.2, 0.25) is 5.91 Å². The molecular weight excluding hydrogens is 264 g/mol. The number of benzene rings is 1. The van der Waals surface area contributed by atoms with Crippen LogP contribution in [0.2, 0.25) is 0 Å². The van der Waals surface area contributed by atoms with Crippen LogP contribution in [-0.4, -0.2) is 36.1 Å². The Balaban J connectivity index is 2.06. The van der Waals surface area contributed by atoms with Crippen LogP contribution in [0.1, 0.15) is 18.4 Å². The molecule has 1 aromatic carbocycles. The van der Waals surface area contributed by atoms with E-state index >= 15 is 0 Å². The number of aryl methyl sites for hydroxylation is 1. The predicted molar refractivity (Wildman–Crippen MR) is 78.0 cm³/mol. The summed E-state index contributed by atoms with van der Waals surface area (Å²) in [4.78, 5) is 13.6. The number of nitrogens with zero attached hydrogens (tertiary/aromatic N) is 1. The maximum Gasteiger partial charge on any atom is 0.227 e. The first-order valence-electron chi connectivity index (χ1n) is 6.50. The van der Waals surface area contributed by atoms with E-state index in [0.29, 0.717) is 13.0 Å². The van der Waals surface area contributed by atoms with Crippen LogP contribution in [0.15, 0.2) is 18.2 Å².